The molecule has 8 nitrogen and oxygen atoms in total. The number of amides is 1. The summed E-state index contributed by atoms with van der Waals surface area (Å²) < 4.78 is 10.8. The van der Waals surface area contributed by atoms with Crippen molar-refractivity contribution in [3.8, 4) is 11.3 Å². The summed E-state index contributed by atoms with van der Waals surface area (Å²) in [5.41, 5.74) is 2.73. The van der Waals surface area contributed by atoms with Gasteiger partial charge in [-0.25, -0.2) is 9.97 Å². The normalized spacial score (nSPS) is 21.1. The third-order valence-electron chi connectivity index (χ3n) is 5.45. The predicted octanol–water partition coefficient (Wildman–Crippen LogP) is 1.79. The van der Waals surface area contributed by atoms with E-state index in [0.717, 1.165) is 48.7 Å². The van der Waals surface area contributed by atoms with Crippen LogP contribution in [0.25, 0.3) is 11.3 Å². The Morgan fingerprint density at radius 1 is 1.25 bits per heavy atom. The number of hydrogen-bond donors (Lipinski definition) is 0. The fourth-order valence-corrected chi connectivity index (χ4v) is 4.01. The van der Waals surface area contributed by atoms with Crippen LogP contribution in [-0.2, 0) is 9.53 Å². The fourth-order valence-electron chi connectivity index (χ4n) is 4.01. The summed E-state index contributed by atoms with van der Waals surface area (Å²) in [6, 6.07) is 1.92. The number of carbonyl (C=O) groups is 1. The van der Waals surface area contributed by atoms with E-state index in [1.165, 1.54) is 0 Å². The molecule has 2 aromatic heterocycles. The summed E-state index contributed by atoms with van der Waals surface area (Å²) in [6.07, 6.45) is 3.91. The summed E-state index contributed by atoms with van der Waals surface area (Å²) >= 11 is 0. The zero-order chi connectivity index (χ0) is 19.5. The van der Waals surface area contributed by atoms with Crippen LogP contribution < -0.4 is 0 Å². The monoisotopic (exact) mass is 385 g/mol. The number of hydrogen-bond acceptors (Lipinski definition) is 7. The number of aryl methyl sites for hydroxylation is 2. The lowest BCUT2D eigenvalue weighted by molar-refractivity contribution is -0.136. The molecule has 0 aromatic carbocycles. The van der Waals surface area contributed by atoms with Gasteiger partial charge in [0.1, 0.15) is 5.82 Å². The molecule has 2 saturated heterocycles. The molecule has 2 fully saturated rings. The first-order valence-electron chi connectivity index (χ1n) is 9.95. The molecule has 0 radical (unpaired) electrons. The quantitative estimate of drug-likeness (QED) is 0.793. The van der Waals surface area contributed by atoms with Gasteiger partial charge in [-0.1, -0.05) is 5.16 Å². The maximum atomic E-state index is 12.6. The molecule has 0 unspecified atom stereocenters. The van der Waals surface area contributed by atoms with Gasteiger partial charge in [0.2, 0.25) is 5.91 Å². The van der Waals surface area contributed by atoms with Crippen LogP contribution in [0, 0.1) is 13.8 Å². The van der Waals surface area contributed by atoms with Gasteiger partial charge in [-0.15, -0.1) is 0 Å². The molecule has 4 rings (SSSR count). The number of aromatic nitrogens is 3. The van der Waals surface area contributed by atoms with Crippen molar-refractivity contribution in [1.29, 1.82) is 0 Å². The van der Waals surface area contributed by atoms with Gasteiger partial charge < -0.3 is 14.2 Å². The van der Waals surface area contributed by atoms with Gasteiger partial charge in [-0.05, 0) is 33.2 Å². The first kappa shape index (κ1) is 19.0. The fraction of sp³-hybridized carbons (Fsp3) is 0.600. The molecule has 0 bridgehead atoms. The van der Waals surface area contributed by atoms with Crippen molar-refractivity contribution in [2.45, 2.75) is 32.6 Å². The zero-order valence-electron chi connectivity index (χ0n) is 16.6. The maximum Gasteiger partial charge on any atom is 0.236 e. The van der Waals surface area contributed by atoms with Crippen LogP contribution in [0.4, 0.5) is 0 Å². The van der Waals surface area contributed by atoms with Crippen LogP contribution in [0.5, 0.6) is 0 Å². The zero-order valence-corrected chi connectivity index (χ0v) is 16.6. The molecule has 150 valence electrons. The Bertz CT molecular complexity index is 831. The number of rotatable bonds is 4. The van der Waals surface area contributed by atoms with E-state index < -0.39 is 0 Å². The standard InChI is InChI=1S/C20H27N5O3/c1-14-10-18(28-23-14)17-11-21-15(2)22-20(17)16-4-3-5-24(12-16)13-19(26)25-6-8-27-9-7-25/h10-11,16H,3-9,12-13H2,1-2H3/t16-/m1/s1. The van der Waals surface area contributed by atoms with Crippen LogP contribution >= 0.6 is 0 Å². The molecule has 2 aliphatic rings. The topological polar surface area (TPSA) is 84.6 Å². The maximum absolute atomic E-state index is 12.6. The number of piperidine rings is 1. The number of nitrogens with zero attached hydrogens (tertiary/aromatic N) is 5. The number of ether oxygens (including phenoxy) is 1. The third kappa shape index (κ3) is 4.23. The molecular weight excluding hydrogens is 358 g/mol. The van der Waals surface area contributed by atoms with E-state index in [1.54, 1.807) is 0 Å². The van der Waals surface area contributed by atoms with Gasteiger partial charge in [0.05, 0.1) is 36.7 Å². The minimum Gasteiger partial charge on any atom is -0.378 e. The minimum atomic E-state index is 0.189. The van der Waals surface area contributed by atoms with Gasteiger partial charge in [-0.3, -0.25) is 9.69 Å². The van der Waals surface area contributed by atoms with Crippen LogP contribution in [0.15, 0.2) is 16.8 Å². The predicted molar refractivity (Wildman–Crippen MR) is 103 cm³/mol. The molecule has 2 aliphatic heterocycles. The van der Waals surface area contributed by atoms with E-state index in [9.17, 15) is 4.79 Å². The minimum absolute atomic E-state index is 0.189. The average Bonchev–Trinajstić information content (AvgIpc) is 3.15. The van der Waals surface area contributed by atoms with Gasteiger partial charge >= 0.3 is 0 Å². The largest absolute Gasteiger partial charge is 0.378 e. The van der Waals surface area contributed by atoms with Crippen molar-refractivity contribution in [2.24, 2.45) is 0 Å². The molecule has 0 saturated carbocycles. The lowest BCUT2D eigenvalue weighted by Crippen LogP contribution is -2.47. The highest BCUT2D eigenvalue weighted by atomic mass is 16.5. The van der Waals surface area contributed by atoms with Crippen LogP contribution in [0.2, 0.25) is 0 Å². The Morgan fingerprint density at radius 3 is 2.82 bits per heavy atom. The van der Waals surface area contributed by atoms with Crippen molar-refractivity contribution in [2.75, 3.05) is 45.9 Å². The number of morpholine rings is 1. The molecule has 28 heavy (non-hydrogen) atoms. The Kier molecular flexibility index (Phi) is 5.68. The highest BCUT2D eigenvalue weighted by Crippen LogP contribution is 2.33. The van der Waals surface area contributed by atoms with Crippen LogP contribution in [0.3, 0.4) is 0 Å². The van der Waals surface area contributed by atoms with Gasteiger partial charge in [0, 0.05) is 37.8 Å². The Morgan fingerprint density at radius 2 is 2.07 bits per heavy atom. The van der Waals surface area contributed by atoms with E-state index in [1.807, 2.05) is 31.0 Å². The summed E-state index contributed by atoms with van der Waals surface area (Å²) in [4.78, 5) is 25.9. The molecular formula is C20H27N5O3. The SMILES string of the molecule is Cc1cc(-c2cnc(C)nc2[C@@H]2CCCN(CC(=O)N3CCOCC3)C2)on1. The van der Waals surface area contributed by atoms with Crippen molar-refractivity contribution in [3.63, 3.8) is 0 Å². The molecule has 0 N–H and O–H groups in total. The van der Waals surface area contributed by atoms with E-state index in [2.05, 4.69) is 15.0 Å². The first-order chi connectivity index (χ1) is 13.6. The summed E-state index contributed by atoms with van der Waals surface area (Å²) in [7, 11) is 0. The third-order valence-corrected chi connectivity index (χ3v) is 5.45. The molecule has 0 aliphatic carbocycles. The smallest absolute Gasteiger partial charge is 0.236 e. The summed E-state index contributed by atoms with van der Waals surface area (Å²) in [5, 5.41) is 4.01. The molecule has 0 spiro atoms. The highest BCUT2D eigenvalue weighted by Gasteiger charge is 2.28. The Labute approximate surface area is 164 Å². The molecule has 4 heterocycles. The Hall–Kier alpha value is -2.32. The second-order valence-corrected chi connectivity index (χ2v) is 7.62. The Balaban J connectivity index is 1.50. The van der Waals surface area contributed by atoms with E-state index in [0.29, 0.717) is 38.6 Å². The molecule has 2 aromatic rings. The second kappa shape index (κ2) is 8.36. The van der Waals surface area contributed by atoms with Crippen molar-refractivity contribution in [1.82, 2.24) is 24.9 Å². The second-order valence-electron chi connectivity index (χ2n) is 7.62. The summed E-state index contributed by atoms with van der Waals surface area (Å²) in [6.45, 7) is 8.66. The van der Waals surface area contributed by atoms with Crippen molar-refractivity contribution < 1.29 is 14.1 Å². The first-order valence-corrected chi connectivity index (χ1v) is 9.95. The molecule has 1 atom stereocenters. The van der Waals surface area contributed by atoms with Crippen molar-refractivity contribution in [3.05, 3.63) is 29.5 Å². The average molecular weight is 385 g/mol. The van der Waals surface area contributed by atoms with Crippen LogP contribution in [-0.4, -0.2) is 76.8 Å². The van der Waals surface area contributed by atoms with E-state index in [-0.39, 0.29) is 11.8 Å². The lowest BCUT2D eigenvalue weighted by atomic mass is 9.91. The highest BCUT2D eigenvalue weighted by molar-refractivity contribution is 5.78. The van der Waals surface area contributed by atoms with Gasteiger partial charge in [0.15, 0.2) is 5.76 Å². The van der Waals surface area contributed by atoms with E-state index in [4.69, 9.17) is 14.2 Å². The summed E-state index contributed by atoms with van der Waals surface area (Å²) in [5.74, 6) is 1.88. The molecule has 8 heteroatoms. The lowest BCUT2D eigenvalue weighted by Gasteiger charge is -2.35. The van der Waals surface area contributed by atoms with Gasteiger partial charge in [-0.2, -0.15) is 0 Å². The van der Waals surface area contributed by atoms with Crippen LogP contribution in [0.1, 0.15) is 36.0 Å². The molecule has 1 amide bonds. The van der Waals surface area contributed by atoms with Gasteiger partial charge in [0.25, 0.3) is 0 Å². The number of likely N-dealkylation sites (tertiary alicyclic amines) is 1. The van der Waals surface area contributed by atoms with E-state index >= 15 is 0 Å². The van der Waals surface area contributed by atoms with Crippen molar-refractivity contribution >= 4 is 5.91 Å². The number of carbonyl (C=O) groups excluding carboxylic acids is 1.